The van der Waals surface area contributed by atoms with Crippen molar-refractivity contribution >= 4 is 17.6 Å². The first kappa shape index (κ1) is 13.5. The van der Waals surface area contributed by atoms with E-state index in [9.17, 15) is 4.79 Å². The maximum absolute atomic E-state index is 11.7. The lowest BCUT2D eigenvalue weighted by molar-refractivity contribution is -0.112. The average molecular weight is 285 g/mol. The van der Waals surface area contributed by atoms with E-state index in [1.54, 1.807) is 0 Å². The van der Waals surface area contributed by atoms with Gasteiger partial charge >= 0.3 is 0 Å². The minimum Gasteiger partial charge on any atom is -0.302 e. The highest BCUT2D eigenvalue weighted by molar-refractivity contribution is 7.10. The van der Waals surface area contributed by atoms with Crippen LogP contribution in [0.15, 0.2) is 41.8 Å². The standard InChI is InChI=1S/C17H19NOS/c1-17(13-19,15-5-3-2-4-6-15)12-18-9-7-16-14(11-18)8-10-20-16/h2-6,8,10,13H,7,9,11-12H2,1H3. The van der Waals surface area contributed by atoms with Crippen LogP contribution >= 0.6 is 11.3 Å². The second-order valence-corrected chi connectivity index (χ2v) is 6.73. The first-order chi connectivity index (χ1) is 9.71. The summed E-state index contributed by atoms with van der Waals surface area (Å²) in [5.41, 5.74) is 2.11. The highest BCUT2D eigenvalue weighted by atomic mass is 32.1. The molecule has 1 atom stereocenters. The smallest absolute Gasteiger partial charge is 0.131 e. The van der Waals surface area contributed by atoms with Gasteiger partial charge in [0.2, 0.25) is 0 Å². The average Bonchev–Trinajstić information content (AvgIpc) is 2.95. The molecule has 0 spiro atoms. The monoisotopic (exact) mass is 285 g/mol. The molecule has 1 aliphatic rings. The van der Waals surface area contributed by atoms with Crippen LogP contribution in [0.3, 0.4) is 0 Å². The Bertz CT molecular complexity index is 592. The number of hydrogen-bond donors (Lipinski definition) is 0. The van der Waals surface area contributed by atoms with Gasteiger partial charge in [-0.15, -0.1) is 11.3 Å². The summed E-state index contributed by atoms with van der Waals surface area (Å²) in [5, 5.41) is 2.17. The molecule has 0 aliphatic carbocycles. The molecule has 0 radical (unpaired) electrons. The third-order valence-electron chi connectivity index (χ3n) is 4.13. The maximum atomic E-state index is 11.7. The predicted molar refractivity (Wildman–Crippen MR) is 83.2 cm³/mol. The van der Waals surface area contributed by atoms with Crippen molar-refractivity contribution in [3.63, 3.8) is 0 Å². The number of hydrogen-bond acceptors (Lipinski definition) is 3. The van der Waals surface area contributed by atoms with Crippen LogP contribution in [0.2, 0.25) is 0 Å². The van der Waals surface area contributed by atoms with Crippen molar-refractivity contribution < 1.29 is 4.79 Å². The molecule has 104 valence electrons. The van der Waals surface area contributed by atoms with Crippen LogP contribution < -0.4 is 0 Å². The second-order valence-electron chi connectivity index (χ2n) is 5.73. The van der Waals surface area contributed by atoms with E-state index in [0.29, 0.717) is 0 Å². The molecule has 0 fully saturated rings. The number of benzene rings is 1. The molecular formula is C17H19NOS. The Kier molecular flexibility index (Phi) is 3.72. The first-order valence-electron chi connectivity index (χ1n) is 7.01. The van der Waals surface area contributed by atoms with Crippen LogP contribution in [0.25, 0.3) is 0 Å². The van der Waals surface area contributed by atoms with E-state index in [4.69, 9.17) is 0 Å². The molecule has 0 bridgehead atoms. The Hall–Kier alpha value is -1.45. The van der Waals surface area contributed by atoms with Crippen LogP contribution in [0, 0.1) is 0 Å². The Morgan fingerprint density at radius 1 is 1.30 bits per heavy atom. The number of aldehydes is 1. The molecule has 3 heteroatoms. The van der Waals surface area contributed by atoms with Gasteiger partial charge in [-0.05, 0) is 35.9 Å². The van der Waals surface area contributed by atoms with Crippen molar-refractivity contribution in [2.45, 2.75) is 25.3 Å². The number of carbonyl (C=O) groups excluding carboxylic acids is 1. The van der Waals surface area contributed by atoms with E-state index in [1.807, 2.05) is 48.6 Å². The van der Waals surface area contributed by atoms with Gasteiger partial charge in [-0.25, -0.2) is 0 Å². The fourth-order valence-corrected chi connectivity index (χ4v) is 3.81. The lowest BCUT2D eigenvalue weighted by Crippen LogP contribution is -2.42. The SMILES string of the molecule is CC(C=O)(CN1CCc2sccc2C1)c1ccccc1. The van der Waals surface area contributed by atoms with Gasteiger partial charge in [0.25, 0.3) is 0 Å². The molecule has 2 heterocycles. The van der Waals surface area contributed by atoms with Gasteiger partial charge in [0.1, 0.15) is 6.29 Å². The van der Waals surface area contributed by atoms with Gasteiger partial charge in [-0.3, -0.25) is 4.90 Å². The van der Waals surface area contributed by atoms with Gasteiger partial charge in [-0.1, -0.05) is 30.3 Å². The summed E-state index contributed by atoms with van der Waals surface area (Å²) in [7, 11) is 0. The quantitative estimate of drug-likeness (QED) is 0.804. The van der Waals surface area contributed by atoms with Gasteiger partial charge in [0.15, 0.2) is 0 Å². The molecule has 0 saturated heterocycles. The van der Waals surface area contributed by atoms with Crippen molar-refractivity contribution in [2.75, 3.05) is 13.1 Å². The molecule has 0 saturated carbocycles. The van der Waals surface area contributed by atoms with E-state index in [1.165, 1.54) is 10.4 Å². The molecule has 2 aromatic rings. The van der Waals surface area contributed by atoms with Gasteiger partial charge in [-0.2, -0.15) is 0 Å². The van der Waals surface area contributed by atoms with E-state index >= 15 is 0 Å². The number of thiophene rings is 1. The van der Waals surface area contributed by atoms with Gasteiger partial charge < -0.3 is 4.79 Å². The summed E-state index contributed by atoms with van der Waals surface area (Å²) >= 11 is 1.85. The molecule has 1 aromatic carbocycles. The Morgan fingerprint density at radius 2 is 2.10 bits per heavy atom. The van der Waals surface area contributed by atoms with Crippen LogP contribution in [-0.2, 0) is 23.2 Å². The molecule has 20 heavy (non-hydrogen) atoms. The molecule has 1 unspecified atom stereocenters. The van der Waals surface area contributed by atoms with E-state index in [-0.39, 0.29) is 0 Å². The zero-order chi connectivity index (χ0) is 14.0. The zero-order valence-corrected chi connectivity index (χ0v) is 12.5. The summed E-state index contributed by atoms with van der Waals surface area (Å²) in [5.74, 6) is 0. The Balaban J connectivity index is 1.78. The molecular weight excluding hydrogens is 266 g/mol. The molecule has 0 N–H and O–H groups in total. The zero-order valence-electron chi connectivity index (χ0n) is 11.7. The van der Waals surface area contributed by atoms with Crippen LogP contribution in [0.5, 0.6) is 0 Å². The number of fused-ring (bicyclic) bond motifs is 1. The normalized spacial score (nSPS) is 18.2. The van der Waals surface area contributed by atoms with Crippen molar-refractivity contribution in [3.05, 3.63) is 57.8 Å². The maximum Gasteiger partial charge on any atom is 0.131 e. The molecule has 1 aromatic heterocycles. The van der Waals surface area contributed by atoms with Crippen molar-refractivity contribution in [1.82, 2.24) is 4.90 Å². The van der Waals surface area contributed by atoms with Gasteiger partial charge in [0, 0.05) is 24.5 Å². The van der Waals surface area contributed by atoms with Crippen molar-refractivity contribution in [2.24, 2.45) is 0 Å². The first-order valence-corrected chi connectivity index (χ1v) is 7.89. The Morgan fingerprint density at radius 3 is 2.85 bits per heavy atom. The summed E-state index contributed by atoms with van der Waals surface area (Å²) in [4.78, 5) is 15.6. The fraction of sp³-hybridized carbons (Fsp3) is 0.353. The van der Waals surface area contributed by atoms with Crippen LogP contribution in [0.1, 0.15) is 22.9 Å². The second kappa shape index (κ2) is 5.51. The van der Waals surface area contributed by atoms with Crippen LogP contribution in [0.4, 0.5) is 0 Å². The molecule has 1 aliphatic heterocycles. The van der Waals surface area contributed by atoms with Crippen molar-refractivity contribution in [3.8, 4) is 0 Å². The van der Waals surface area contributed by atoms with E-state index in [0.717, 1.165) is 37.9 Å². The third-order valence-corrected chi connectivity index (χ3v) is 5.16. The topological polar surface area (TPSA) is 20.3 Å². The van der Waals surface area contributed by atoms with E-state index < -0.39 is 5.41 Å². The van der Waals surface area contributed by atoms with E-state index in [2.05, 4.69) is 16.3 Å². The highest BCUT2D eigenvalue weighted by Crippen LogP contribution is 2.28. The largest absolute Gasteiger partial charge is 0.302 e. The number of rotatable bonds is 4. The fourth-order valence-electron chi connectivity index (χ4n) is 2.92. The van der Waals surface area contributed by atoms with Crippen LogP contribution in [-0.4, -0.2) is 24.3 Å². The summed E-state index contributed by atoms with van der Waals surface area (Å²) in [6, 6.07) is 12.3. The molecule has 0 amide bonds. The number of carbonyl (C=O) groups is 1. The summed E-state index contributed by atoms with van der Waals surface area (Å²) in [6.45, 7) is 4.84. The molecule has 2 nitrogen and oxygen atoms in total. The highest BCUT2D eigenvalue weighted by Gasteiger charge is 2.30. The Labute approximate surface area is 124 Å². The van der Waals surface area contributed by atoms with Crippen molar-refractivity contribution in [1.29, 1.82) is 0 Å². The minimum absolute atomic E-state index is 0.422. The predicted octanol–water partition coefficient (Wildman–Crippen LogP) is 3.26. The summed E-state index contributed by atoms with van der Waals surface area (Å²) in [6.07, 6.45) is 2.21. The lowest BCUT2D eigenvalue weighted by Gasteiger charge is -2.34. The minimum atomic E-state index is -0.422. The number of nitrogens with zero attached hydrogens (tertiary/aromatic N) is 1. The lowest BCUT2D eigenvalue weighted by atomic mass is 9.83. The molecule has 3 rings (SSSR count). The third kappa shape index (κ3) is 2.56. The van der Waals surface area contributed by atoms with Gasteiger partial charge in [0.05, 0.1) is 5.41 Å². The summed E-state index contributed by atoms with van der Waals surface area (Å²) < 4.78 is 0.